The normalized spacial score (nSPS) is 11.1. The molecule has 2 aromatic heterocycles. The van der Waals surface area contributed by atoms with E-state index in [1.165, 1.54) is 0 Å². The number of hydrogen-bond acceptors (Lipinski definition) is 2. The molecule has 4 heteroatoms. The molecule has 3 N–H and O–H groups in total. The number of hydrogen-bond donors (Lipinski definition) is 2. The van der Waals surface area contributed by atoms with E-state index < -0.39 is 0 Å². The Kier molecular flexibility index (Phi) is 2.01. The maximum Gasteiger partial charge on any atom is 0.153 e. The van der Waals surface area contributed by atoms with Crippen LogP contribution in [0.4, 0.5) is 0 Å². The predicted molar refractivity (Wildman–Crippen MR) is 62.9 cm³/mol. The molecular formula is C12H12N4. The number of nitrogens with one attached hydrogen (secondary N) is 1. The van der Waals surface area contributed by atoms with Gasteiger partial charge in [0.15, 0.2) is 5.65 Å². The van der Waals surface area contributed by atoms with Gasteiger partial charge in [-0.05, 0) is 5.56 Å². The maximum absolute atomic E-state index is 5.53. The average molecular weight is 212 g/mol. The largest absolute Gasteiger partial charge is 0.325 e. The fraction of sp³-hybridized carbons (Fsp3) is 0.0833. The van der Waals surface area contributed by atoms with Crippen molar-refractivity contribution in [1.29, 1.82) is 0 Å². The van der Waals surface area contributed by atoms with Crippen LogP contribution in [0.25, 0.3) is 16.9 Å². The van der Waals surface area contributed by atoms with Crippen molar-refractivity contribution in [1.82, 2.24) is 14.6 Å². The second-order valence-electron chi connectivity index (χ2n) is 3.70. The molecule has 0 bridgehead atoms. The van der Waals surface area contributed by atoms with Gasteiger partial charge in [-0.1, -0.05) is 30.3 Å². The minimum atomic E-state index is 0.468. The van der Waals surface area contributed by atoms with Gasteiger partial charge in [-0.2, -0.15) is 0 Å². The summed E-state index contributed by atoms with van der Waals surface area (Å²) in [7, 11) is 0. The zero-order chi connectivity index (χ0) is 11.0. The lowest BCUT2D eigenvalue weighted by atomic mass is 10.2. The van der Waals surface area contributed by atoms with Gasteiger partial charge in [-0.15, -0.1) is 0 Å². The van der Waals surface area contributed by atoms with Gasteiger partial charge in [0.05, 0.1) is 17.6 Å². The highest BCUT2D eigenvalue weighted by Gasteiger charge is 2.05. The molecule has 3 aromatic rings. The molecule has 0 saturated heterocycles. The average Bonchev–Trinajstić information content (AvgIpc) is 2.87. The summed E-state index contributed by atoms with van der Waals surface area (Å²) in [6.07, 6.45) is 1.92. The third kappa shape index (κ3) is 1.40. The summed E-state index contributed by atoms with van der Waals surface area (Å²) in [6.45, 7) is 0.468. The summed E-state index contributed by atoms with van der Waals surface area (Å²) >= 11 is 0. The molecule has 0 aliphatic heterocycles. The number of aromatic nitrogens is 3. The molecule has 0 radical (unpaired) electrons. The Hall–Kier alpha value is -2.07. The van der Waals surface area contributed by atoms with Gasteiger partial charge in [0.1, 0.15) is 0 Å². The van der Waals surface area contributed by atoms with Crippen molar-refractivity contribution in [3.8, 4) is 11.3 Å². The molecule has 4 nitrogen and oxygen atoms in total. The lowest BCUT2D eigenvalue weighted by Gasteiger charge is -1.95. The maximum atomic E-state index is 5.53. The molecule has 0 saturated carbocycles. The summed E-state index contributed by atoms with van der Waals surface area (Å²) in [4.78, 5) is 4.38. The smallest absolute Gasteiger partial charge is 0.153 e. The molecule has 0 unspecified atom stereocenters. The number of rotatable bonds is 2. The van der Waals surface area contributed by atoms with Crippen molar-refractivity contribution in [3.63, 3.8) is 0 Å². The first-order chi connectivity index (χ1) is 7.86. The Balaban J connectivity index is 2.10. The summed E-state index contributed by atoms with van der Waals surface area (Å²) in [5.74, 6) is 0. The number of nitrogens with two attached hydrogens (primary N) is 1. The van der Waals surface area contributed by atoms with E-state index in [0.717, 1.165) is 22.6 Å². The molecular weight excluding hydrogens is 200 g/mol. The number of imidazole rings is 1. The molecule has 1 aromatic carbocycles. The van der Waals surface area contributed by atoms with Crippen molar-refractivity contribution < 1.29 is 0 Å². The van der Waals surface area contributed by atoms with Crippen LogP contribution in [0.3, 0.4) is 0 Å². The Morgan fingerprint density at radius 3 is 2.75 bits per heavy atom. The van der Waals surface area contributed by atoms with E-state index in [2.05, 4.69) is 22.2 Å². The van der Waals surface area contributed by atoms with E-state index >= 15 is 0 Å². The zero-order valence-electron chi connectivity index (χ0n) is 8.72. The van der Waals surface area contributed by atoms with E-state index in [1.54, 1.807) is 0 Å². The topological polar surface area (TPSA) is 59.1 Å². The molecule has 0 fully saturated rings. The van der Waals surface area contributed by atoms with E-state index in [4.69, 9.17) is 5.73 Å². The summed E-state index contributed by atoms with van der Waals surface area (Å²) in [5.41, 5.74) is 9.55. The van der Waals surface area contributed by atoms with Crippen molar-refractivity contribution in [2.24, 2.45) is 5.73 Å². The quantitative estimate of drug-likeness (QED) is 0.680. The van der Waals surface area contributed by atoms with E-state index in [9.17, 15) is 0 Å². The van der Waals surface area contributed by atoms with Crippen LogP contribution in [-0.2, 0) is 6.54 Å². The molecule has 0 amide bonds. The SMILES string of the molecule is NCc1cn2[nH]c(-c3ccccc3)cc2n1. The van der Waals surface area contributed by atoms with Crippen LogP contribution in [0.5, 0.6) is 0 Å². The van der Waals surface area contributed by atoms with Crippen LogP contribution >= 0.6 is 0 Å². The second-order valence-corrected chi connectivity index (χ2v) is 3.70. The summed E-state index contributed by atoms with van der Waals surface area (Å²) in [6, 6.07) is 12.2. The molecule has 3 rings (SSSR count). The van der Waals surface area contributed by atoms with E-state index in [-0.39, 0.29) is 0 Å². The van der Waals surface area contributed by atoms with Crippen LogP contribution in [0.1, 0.15) is 5.69 Å². The van der Waals surface area contributed by atoms with Crippen molar-refractivity contribution in [2.45, 2.75) is 6.54 Å². The minimum Gasteiger partial charge on any atom is -0.325 e. The first kappa shape index (κ1) is 9.18. The number of fused-ring (bicyclic) bond motifs is 1. The van der Waals surface area contributed by atoms with Crippen LogP contribution in [0.2, 0.25) is 0 Å². The molecule has 16 heavy (non-hydrogen) atoms. The molecule has 80 valence electrons. The van der Waals surface area contributed by atoms with Gasteiger partial charge in [-0.3, -0.25) is 5.10 Å². The van der Waals surface area contributed by atoms with Gasteiger partial charge in [0, 0.05) is 12.6 Å². The lowest BCUT2D eigenvalue weighted by molar-refractivity contribution is 0.959. The number of aromatic amines is 1. The van der Waals surface area contributed by atoms with Crippen LogP contribution in [0, 0.1) is 0 Å². The Labute approximate surface area is 92.7 Å². The highest BCUT2D eigenvalue weighted by Crippen LogP contribution is 2.18. The fourth-order valence-electron chi connectivity index (χ4n) is 1.79. The first-order valence-electron chi connectivity index (χ1n) is 5.19. The van der Waals surface area contributed by atoms with Gasteiger partial charge in [-0.25, -0.2) is 9.50 Å². The van der Waals surface area contributed by atoms with Gasteiger partial charge >= 0.3 is 0 Å². The van der Waals surface area contributed by atoms with Crippen molar-refractivity contribution in [2.75, 3.05) is 0 Å². The Morgan fingerprint density at radius 2 is 2.06 bits per heavy atom. The Bertz CT molecular complexity index is 575. The minimum absolute atomic E-state index is 0.468. The highest BCUT2D eigenvalue weighted by atomic mass is 15.3. The van der Waals surface area contributed by atoms with Crippen LogP contribution < -0.4 is 5.73 Å². The monoisotopic (exact) mass is 212 g/mol. The third-order valence-electron chi connectivity index (χ3n) is 2.59. The van der Waals surface area contributed by atoms with Gasteiger partial charge in [0.25, 0.3) is 0 Å². The molecule has 0 atom stereocenters. The molecule has 0 aliphatic rings. The zero-order valence-corrected chi connectivity index (χ0v) is 8.72. The summed E-state index contributed by atoms with van der Waals surface area (Å²) < 4.78 is 1.89. The number of nitrogens with zero attached hydrogens (tertiary/aromatic N) is 2. The first-order valence-corrected chi connectivity index (χ1v) is 5.19. The van der Waals surface area contributed by atoms with Gasteiger partial charge in [0.2, 0.25) is 0 Å². The van der Waals surface area contributed by atoms with Crippen LogP contribution in [-0.4, -0.2) is 14.6 Å². The second kappa shape index (κ2) is 3.50. The number of benzene rings is 1. The van der Waals surface area contributed by atoms with Gasteiger partial charge < -0.3 is 5.73 Å². The summed E-state index contributed by atoms with van der Waals surface area (Å²) in [5, 5.41) is 3.27. The Morgan fingerprint density at radius 1 is 1.25 bits per heavy atom. The lowest BCUT2D eigenvalue weighted by Crippen LogP contribution is -1.95. The molecule has 2 heterocycles. The van der Waals surface area contributed by atoms with Crippen molar-refractivity contribution >= 4 is 5.65 Å². The number of H-pyrrole nitrogens is 1. The van der Waals surface area contributed by atoms with Crippen molar-refractivity contribution in [3.05, 3.63) is 48.3 Å². The molecule has 0 spiro atoms. The molecule has 0 aliphatic carbocycles. The highest BCUT2D eigenvalue weighted by molar-refractivity contribution is 5.64. The van der Waals surface area contributed by atoms with E-state index in [0.29, 0.717) is 6.54 Å². The predicted octanol–water partition coefficient (Wildman–Crippen LogP) is 1.79. The van der Waals surface area contributed by atoms with E-state index in [1.807, 2.05) is 35.0 Å². The van der Waals surface area contributed by atoms with Crippen LogP contribution in [0.15, 0.2) is 42.6 Å². The third-order valence-corrected chi connectivity index (χ3v) is 2.59. The standard InChI is InChI=1S/C12H12N4/c13-7-10-8-16-12(14-10)6-11(15-16)9-4-2-1-3-5-9/h1-6,8,15H,7,13H2. The fourth-order valence-corrected chi connectivity index (χ4v) is 1.79.